The highest BCUT2D eigenvalue weighted by atomic mass is 32.2. The van der Waals surface area contributed by atoms with E-state index in [1.54, 1.807) is 40.7 Å². The lowest BCUT2D eigenvalue weighted by molar-refractivity contribution is 0.452. The summed E-state index contributed by atoms with van der Waals surface area (Å²) in [7, 11) is -3.90. The monoisotopic (exact) mass is 334 g/mol. The van der Waals surface area contributed by atoms with Crippen molar-refractivity contribution >= 4 is 9.84 Å². The standard InChI is InChI=1S/C18H22O4S/c1-9-7-10(2)18(16(20)12(9)4)23(21,22)17-11(3)8-15(19)13(5)14(17)6/h7-8,19-20H,1-6H3. The zero-order chi connectivity index (χ0) is 17.7. The van der Waals surface area contributed by atoms with Crippen LogP contribution in [0.1, 0.15) is 33.4 Å². The molecular weight excluding hydrogens is 312 g/mol. The van der Waals surface area contributed by atoms with Gasteiger partial charge in [-0.3, -0.25) is 0 Å². The third kappa shape index (κ3) is 2.59. The molecule has 2 aromatic carbocycles. The van der Waals surface area contributed by atoms with Crippen molar-refractivity contribution in [1.29, 1.82) is 0 Å². The van der Waals surface area contributed by atoms with Crippen molar-refractivity contribution in [3.63, 3.8) is 0 Å². The molecule has 2 N–H and O–H groups in total. The Morgan fingerprint density at radius 3 is 1.78 bits per heavy atom. The van der Waals surface area contributed by atoms with Crippen LogP contribution < -0.4 is 0 Å². The van der Waals surface area contributed by atoms with Crippen molar-refractivity contribution < 1.29 is 18.6 Å². The Morgan fingerprint density at radius 2 is 1.22 bits per heavy atom. The van der Waals surface area contributed by atoms with Crippen LogP contribution in [0, 0.1) is 41.5 Å². The fourth-order valence-corrected chi connectivity index (χ4v) is 5.07. The predicted octanol–water partition coefficient (Wildman–Crippen LogP) is 3.78. The quantitative estimate of drug-likeness (QED) is 0.876. The van der Waals surface area contributed by atoms with Gasteiger partial charge in [0.25, 0.3) is 0 Å². The minimum absolute atomic E-state index is 0.0584. The van der Waals surface area contributed by atoms with Gasteiger partial charge in [-0.15, -0.1) is 0 Å². The van der Waals surface area contributed by atoms with Gasteiger partial charge in [0.05, 0.1) is 4.90 Å². The topological polar surface area (TPSA) is 74.6 Å². The molecule has 4 nitrogen and oxygen atoms in total. The molecule has 0 heterocycles. The van der Waals surface area contributed by atoms with Crippen LogP contribution >= 0.6 is 0 Å². The molecule has 0 saturated heterocycles. The summed E-state index contributed by atoms with van der Waals surface area (Å²) >= 11 is 0. The van der Waals surface area contributed by atoms with E-state index in [0.29, 0.717) is 27.8 Å². The summed E-state index contributed by atoms with van der Waals surface area (Å²) in [4.78, 5) is 0.0892. The summed E-state index contributed by atoms with van der Waals surface area (Å²) in [6.45, 7) is 10.2. The second-order valence-corrected chi connectivity index (χ2v) is 7.93. The minimum atomic E-state index is -3.90. The number of phenols is 2. The van der Waals surface area contributed by atoms with Crippen molar-refractivity contribution in [2.24, 2.45) is 0 Å². The zero-order valence-corrected chi connectivity index (χ0v) is 15.1. The van der Waals surface area contributed by atoms with Crippen molar-refractivity contribution in [2.75, 3.05) is 0 Å². The first kappa shape index (κ1) is 17.3. The van der Waals surface area contributed by atoms with Crippen molar-refractivity contribution in [3.05, 3.63) is 45.5 Å². The first-order valence-electron chi connectivity index (χ1n) is 7.34. The van der Waals surface area contributed by atoms with Gasteiger partial charge in [-0.2, -0.15) is 0 Å². The van der Waals surface area contributed by atoms with E-state index in [1.807, 2.05) is 6.92 Å². The van der Waals surface area contributed by atoms with Gasteiger partial charge in [-0.25, -0.2) is 8.42 Å². The third-order valence-electron chi connectivity index (χ3n) is 4.49. The molecule has 0 bridgehead atoms. The Bertz CT molecular complexity index is 840. The highest BCUT2D eigenvalue weighted by Crippen LogP contribution is 2.39. The van der Waals surface area contributed by atoms with Gasteiger partial charge in [0.2, 0.25) is 9.84 Å². The Morgan fingerprint density at radius 1 is 0.696 bits per heavy atom. The normalized spacial score (nSPS) is 11.7. The van der Waals surface area contributed by atoms with E-state index in [0.717, 1.165) is 5.56 Å². The number of phenolic OH excluding ortho intramolecular Hbond substituents is 2. The first-order chi connectivity index (χ1) is 10.5. The van der Waals surface area contributed by atoms with Crippen LogP contribution in [0.2, 0.25) is 0 Å². The number of hydrogen-bond donors (Lipinski definition) is 2. The minimum Gasteiger partial charge on any atom is -0.508 e. The summed E-state index contributed by atoms with van der Waals surface area (Å²) in [5.74, 6) is -0.132. The van der Waals surface area contributed by atoms with Gasteiger partial charge in [0, 0.05) is 0 Å². The lowest BCUT2D eigenvalue weighted by atomic mass is 10.1. The molecule has 2 aromatic rings. The molecule has 0 spiro atoms. The molecule has 0 unspecified atom stereocenters. The van der Waals surface area contributed by atoms with Crippen LogP contribution in [0.5, 0.6) is 11.5 Å². The summed E-state index contributed by atoms with van der Waals surface area (Å²) in [6.07, 6.45) is 0. The van der Waals surface area contributed by atoms with E-state index in [9.17, 15) is 18.6 Å². The second-order valence-electron chi connectivity index (χ2n) is 6.11. The summed E-state index contributed by atoms with van der Waals surface area (Å²) in [5, 5.41) is 20.3. The van der Waals surface area contributed by atoms with Crippen LogP contribution in [-0.2, 0) is 9.84 Å². The molecular formula is C18H22O4S. The van der Waals surface area contributed by atoms with Crippen LogP contribution in [0.15, 0.2) is 21.9 Å². The van der Waals surface area contributed by atoms with Crippen molar-refractivity contribution in [1.82, 2.24) is 0 Å². The van der Waals surface area contributed by atoms with Crippen LogP contribution in [0.3, 0.4) is 0 Å². The maximum Gasteiger partial charge on any atom is 0.211 e. The molecule has 0 atom stereocenters. The van der Waals surface area contributed by atoms with E-state index in [4.69, 9.17) is 0 Å². The molecule has 5 heteroatoms. The molecule has 0 aliphatic rings. The molecule has 0 amide bonds. The van der Waals surface area contributed by atoms with Crippen LogP contribution in [0.25, 0.3) is 0 Å². The predicted molar refractivity (Wildman–Crippen MR) is 90.1 cm³/mol. The second kappa shape index (κ2) is 5.57. The van der Waals surface area contributed by atoms with Crippen molar-refractivity contribution in [3.8, 4) is 11.5 Å². The molecule has 0 fully saturated rings. The molecule has 0 saturated carbocycles. The first-order valence-corrected chi connectivity index (χ1v) is 8.83. The highest BCUT2D eigenvalue weighted by Gasteiger charge is 2.29. The fraction of sp³-hybridized carbons (Fsp3) is 0.333. The van der Waals surface area contributed by atoms with E-state index in [-0.39, 0.29) is 21.3 Å². The number of benzene rings is 2. The molecule has 0 radical (unpaired) electrons. The lowest BCUT2D eigenvalue weighted by Gasteiger charge is -2.18. The van der Waals surface area contributed by atoms with E-state index in [1.165, 1.54) is 6.07 Å². The zero-order valence-electron chi connectivity index (χ0n) is 14.3. The largest absolute Gasteiger partial charge is 0.508 e. The number of rotatable bonds is 2. The average Bonchev–Trinajstić information content (AvgIpc) is 2.41. The van der Waals surface area contributed by atoms with Gasteiger partial charge >= 0.3 is 0 Å². The van der Waals surface area contributed by atoms with Crippen molar-refractivity contribution in [2.45, 2.75) is 51.3 Å². The lowest BCUT2D eigenvalue weighted by Crippen LogP contribution is -2.10. The summed E-state index contributed by atoms with van der Waals surface area (Å²) in [5.41, 5.74) is 3.39. The number of aryl methyl sites for hydroxylation is 3. The number of sulfone groups is 1. The Hall–Kier alpha value is -2.01. The van der Waals surface area contributed by atoms with E-state index < -0.39 is 9.84 Å². The van der Waals surface area contributed by atoms with Gasteiger partial charge in [-0.1, -0.05) is 6.07 Å². The maximum absolute atomic E-state index is 13.2. The number of aromatic hydroxyl groups is 2. The third-order valence-corrected chi connectivity index (χ3v) is 6.71. The van der Waals surface area contributed by atoms with Gasteiger partial charge in [-0.05, 0) is 81.0 Å². The van der Waals surface area contributed by atoms with Gasteiger partial charge < -0.3 is 10.2 Å². The Labute approximate surface area is 137 Å². The maximum atomic E-state index is 13.2. The summed E-state index contributed by atoms with van der Waals surface area (Å²) in [6, 6.07) is 3.21. The average molecular weight is 334 g/mol. The molecule has 0 aromatic heterocycles. The number of hydrogen-bond acceptors (Lipinski definition) is 4. The highest BCUT2D eigenvalue weighted by molar-refractivity contribution is 7.91. The van der Waals surface area contributed by atoms with Gasteiger partial charge in [0.15, 0.2) is 0 Å². The van der Waals surface area contributed by atoms with Crippen LogP contribution in [-0.4, -0.2) is 18.6 Å². The smallest absolute Gasteiger partial charge is 0.211 e. The van der Waals surface area contributed by atoms with Crippen LogP contribution in [0.4, 0.5) is 0 Å². The van der Waals surface area contributed by atoms with E-state index >= 15 is 0 Å². The molecule has 0 aliphatic carbocycles. The van der Waals surface area contributed by atoms with Gasteiger partial charge in [0.1, 0.15) is 16.4 Å². The SMILES string of the molecule is Cc1cc(C)c(S(=O)(=O)c2c(C)cc(O)c(C)c2C)c(O)c1C. The molecule has 23 heavy (non-hydrogen) atoms. The Kier molecular flexibility index (Phi) is 4.20. The fourth-order valence-electron chi connectivity index (χ4n) is 2.93. The molecule has 124 valence electrons. The summed E-state index contributed by atoms with van der Waals surface area (Å²) < 4.78 is 26.4. The molecule has 2 rings (SSSR count). The molecule has 0 aliphatic heterocycles. The Balaban J connectivity index is 2.91. The van der Waals surface area contributed by atoms with E-state index in [2.05, 4.69) is 0 Å².